The molecule has 0 radical (unpaired) electrons. The van der Waals surface area contributed by atoms with Gasteiger partial charge in [-0.2, -0.15) is 0 Å². The molecule has 18 atom stereocenters. The molecule has 336 valence electrons. The summed E-state index contributed by atoms with van der Waals surface area (Å²) in [5.41, 5.74) is 0. The summed E-state index contributed by atoms with van der Waals surface area (Å²) in [7, 11) is 0. The van der Waals surface area contributed by atoms with E-state index in [1.807, 2.05) is 0 Å². The molecule has 0 aliphatic carbocycles. The van der Waals surface area contributed by atoms with Gasteiger partial charge in [0.2, 0.25) is 0 Å². The van der Waals surface area contributed by atoms with Crippen molar-refractivity contribution in [2.75, 3.05) is 33.0 Å². The Morgan fingerprint density at radius 2 is 0.357 bits per heavy atom. The maximum Gasteiger partial charge on any atom is 0.151 e. The molecule has 0 aromatic rings. The molecule has 0 heterocycles. The van der Waals surface area contributed by atoms with Crippen LogP contribution in [0.2, 0.25) is 0 Å². The molecular formula is C28H56O28. The third kappa shape index (κ3) is 27.1. The van der Waals surface area contributed by atoms with E-state index < -0.39 is 143 Å². The van der Waals surface area contributed by atoms with Crippen LogP contribution in [0.25, 0.3) is 0 Å². The molecule has 0 fully saturated rings. The average Bonchev–Trinajstić information content (AvgIpc) is 3.24. The van der Waals surface area contributed by atoms with Crippen LogP contribution in [0.15, 0.2) is 0 Å². The van der Waals surface area contributed by atoms with Crippen LogP contribution < -0.4 is 0 Å². The third-order valence-corrected chi connectivity index (χ3v) is 6.40. The van der Waals surface area contributed by atoms with Crippen molar-refractivity contribution < 1.29 is 141 Å². The number of aliphatic hydroxyl groups is 23. The van der Waals surface area contributed by atoms with E-state index >= 15 is 0 Å². The van der Waals surface area contributed by atoms with Crippen LogP contribution in [-0.4, -0.2) is 292 Å². The normalized spacial score (nSPS) is 20.6. The second kappa shape index (κ2) is 36.7. The number of carbonyl (C=O) groups excluding carboxylic acids is 5. The minimum Gasteiger partial charge on any atom is -0.394 e. The Bertz CT molecular complexity index is 863. The second-order valence-corrected chi connectivity index (χ2v) is 10.8. The highest BCUT2D eigenvalue weighted by atomic mass is 16.4. The summed E-state index contributed by atoms with van der Waals surface area (Å²) in [4.78, 5) is 49.2. The van der Waals surface area contributed by atoms with Crippen molar-refractivity contribution in [3.8, 4) is 0 Å². The van der Waals surface area contributed by atoms with Gasteiger partial charge in [0, 0.05) is 0 Å². The first-order valence-electron chi connectivity index (χ1n) is 15.4. The minimum atomic E-state index is -1.79. The zero-order chi connectivity index (χ0) is 45.5. The predicted molar refractivity (Wildman–Crippen MR) is 174 cm³/mol. The van der Waals surface area contributed by atoms with Crippen molar-refractivity contribution >= 4 is 31.4 Å². The highest BCUT2D eigenvalue weighted by Gasteiger charge is 2.31. The Labute approximate surface area is 316 Å². The van der Waals surface area contributed by atoms with Crippen molar-refractivity contribution in [1.29, 1.82) is 0 Å². The monoisotopic (exact) mass is 840 g/mol. The van der Waals surface area contributed by atoms with E-state index in [1.165, 1.54) is 0 Å². The lowest BCUT2D eigenvalue weighted by Crippen LogP contribution is -2.46. The van der Waals surface area contributed by atoms with E-state index in [4.69, 9.17) is 117 Å². The molecule has 23 N–H and O–H groups in total. The van der Waals surface area contributed by atoms with E-state index in [2.05, 4.69) is 0 Å². The van der Waals surface area contributed by atoms with Crippen LogP contribution in [0.5, 0.6) is 0 Å². The number of carbonyl (C=O) groups is 5. The number of hydrogen-bond acceptors (Lipinski definition) is 28. The van der Waals surface area contributed by atoms with Crippen LogP contribution in [0.1, 0.15) is 0 Å². The van der Waals surface area contributed by atoms with E-state index in [0.717, 1.165) is 0 Å². The first-order valence-corrected chi connectivity index (χ1v) is 15.4. The highest BCUT2D eigenvalue weighted by molar-refractivity contribution is 5.58. The summed E-state index contributed by atoms with van der Waals surface area (Å²) < 4.78 is 0. The summed E-state index contributed by atoms with van der Waals surface area (Å²) in [5.74, 6) is 0. The van der Waals surface area contributed by atoms with Crippen LogP contribution in [0, 0.1) is 0 Å². The maximum absolute atomic E-state index is 9.90. The lowest BCUT2D eigenvalue weighted by Gasteiger charge is -2.22. The average molecular weight is 841 g/mol. The summed E-state index contributed by atoms with van der Waals surface area (Å²) in [6.07, 6.45) is -29.8. The number of hydrogen-bond donors (Lipinski definition) is 23. The topological polar surface area (TPSA) is 551 Å². The lowest BCUT2D eigenvalue weighted by molar-refractivity contribution is -0.136. The van der Waals surface area contributed by atoms with E-state index in [-0.39, 0.29) is 31.4 Å². The van der Waals surface area contributed by atoms with Crippen molar-refractivity contribution in [2.24, 2.45) is 0 Å². The smallest absolute Gasteiger partial charge is 0.151 e. The van der Waals surface area contributed by atoms with Crippen molar-refractivity contribution in [2.45, 2.75) is 110 Å². The van der Waals surface area contributed by atoms with Gasteiger partial charge >= 0.3 is 0 Å². The molecule has 0 amide bonds. The summed E-state index contributed by atoms with van der Waals surface area (Å²) in [6.45, 7) is -3.66. The van der Waals surface area contributed by atoms with Gasteiger partial charge in [-0.1, -0.05) is 0 Å². The Balaban J connectivity index is -0.000000194. The molecule has 56 heavy (non-hydrogen) atoms. The molecule has 0 aromatic carbocycles. The second-order valence-electron chi connectivity index (χ2n) is 10.8. The number of rotatable bonds is 23. The Morgan fingerprint density at radius 1 is 0.232 bits per heavy atom. The molecule has 0 unspecified atom stereocenters. The molecule has 0 aliphatic heterocycles. The van der Waals surface area contributed by atoms with Crippen molar-refractivity contribution in [3.05, 3.63) is 0 Å². The van der Waals surface area contributed by atoms with Crippen LogP contribution in [-0.2, 0) is 24.0 Å². The first kappa shape index (κ1) is 62.6. The molecule has 28 heteroatoms. The molecular weight excluding hydrogens is 784 g/mol. The molecule has 0 bridgehead atoms. The quantitative estimate of drug-likeness (QED) is 0.0425. The number of aliphatic hydroxyl groups excluding tert-OH is 23. The van der Waals surface area contributed by atoms with Gasteiger partial charge in [0.1, 0.15) is 110 Å². The third-order valence-electron chi connectivity index (χ3n) is 6.40. The Kier molecular flexibility index (Phi) is 41.1. The standard InChI is InChI=1S/3C6H12O6.2C5H10O5/c3*7-1-3(9)5(11)6(12)4(10)2-8;2*6-1-3(8)5(10)4(9)2-7/h3*1,3-6,8-12H,2H2;2*1,3-5,7-10H,2H2/t3*3-,4+,5+,6+;2*3-,4+,5+/m00000/s1. The van der Waals surface area contributed by atoms with Gasteiger partial charge in [-0.15, -0.1) is 0 Å². The summed E-state index contributed by atoms with van der Waals surface area (Å²) >= 11 is 0. The van der Waals surface area contributed by atoms with Gasteiger partial charge in [0.15, 0.2) is 31.4 Å². The SMILES string of the molecule is O=C[C@H](O)[C@@H](O)[C@H](O)CO.O=C[C@H](O)[C@@H](O)[C@H](O)CO.O=C[C@H](O)[C@@H](O)[C@H](O)[C@H](O)CO.O=C[C@H](O)[C@@H](O)[C@H](O)[C@H](O)CO.O=C[C@H](O)[C@@H](O)[C@H](O)[C@H](O)CO. The van der Waals surface area contributed by atoms with E-state index in [0.29, 0.717) is 0 Å². The molecule has 0 spiro atoms. The zero-order valence-corrected chi connectivity index (χ0v) is 29.1. The van der Waals surface area contributed by atoms with Gasteiger partial charge in [-0.05, 0) is 0 Å². The molecule has 0 saturated heterocycles. The fourth-order valence-corrected chi connectivity index (χ4v) is 2.69. The lowest BCUT2D eigenvalue weighted by atomic mass is 10.0. The van der Waals surface area contributed by atoms with Gasteiger partial charge in [-0.25, -0.2) is 0 Å². The fourth-order valence-electron chi connectivity index (χ4n) is 2.69. The largest absolute Gasteiger partial charge is 0.394 e. The van der Waals surface area contributed by atoms with Crippen LogP contribution in [0.4, 0.5) is 0 Å². The zero-order valence-electron chi connectivity index (χ0n) is 29.1. The van der Waals surface area contributed by atoms with E-state index in [1.54, 1.807) is 0 Å². The van der Waals surface area contributed by atoms with Gasteiger partial charge in [0.05, 0.1) is 33.0 Å². The van der Waals surface area contributed by atoms with E-state index in [9.17, 15) is 24.0 Å². The molecule has 0 aliphatic rings. The van der Waals surface area contributed by atoms with Gasteiger partial charge in [0.25, 0.3) is 0 Å². The number of aldehydes is 5. The fraction of sp³-hybridized carbons (Fsp3) is 0.821. The van der Waals surface area contributed by atoms with Crippen molar-refractivity contribution in [3.63, 3.8) is 0 Å². The minimum absolute atomic E-state index is 0.0258. The summed E-state index contributed by atoms with van der Waals surface area (Å²) in [6, 6.07) is 0. The predicted octanol–water partition coefficient (Wildman–Crippen LogP) is -15.6. The first-order chi connectivity index (χ1) is 25.9. The van der Waals surface area contributed by atoms with Crippen LogP contribution in [0.3, 0.4) is 0 Å². The maximum atomic E-state index is 9.90. The Morgan fingerprint density at radius 3 is 0.482 bits per heavy atom. The molecule has 0 rings (SSSR count). The molecule has 0 saturated carbocycles. The molecule has 0 aromatic heterocycles. The Hall–Kier alpha value is -2.57. The van der Waals surface area contributed by atoms with Crippen LogP contribution >= 0.6 is 0 Å². The van der Waals surface area contributed by atoms with Gasteiger partial charge in [-0.3, -0.25) is 0 Å². The van der Waals surface area contributed by atoms with Crippen molar-refractivity contribution in [1.82, 2.24) is 0 Å². The summed E-state index contributed by atoms with van der Waals surface area (Å²) in [5, 5.41) is 199. The van der Waals surface area contributed by atoms with Gasteiger partial charge < -0.3 is 141 Å². The molecule has 28 nitrogen and oxygen atoms in total. The highest BCUT2D eigenvalue weighted by Crippen LogP contribution is 2.05.